The van der Waals surface area contributed by atoms with E-state index in [1.807, 2.05) is 6.92 Å². The van der Waals surface area contributed by atoms with Crippen LogP contribution in [0.25, 0.3) is 0 Å². The summed E-state index contributed by atoms with van der Waals surface area (Å²) in [6, 6.07) is 0. The Hall–Kier alpha value is 0.0300. The van der Waals surface area contributed by atoms with E-state index in [1.165, 1.54) is 6.92 Å². The van der Waals surface area contributed by atoms with Gasteiger partial charge in [-0.05, 0) is 19.8 Å². The average Bonchev–Trinajstić information content (AvgIpc) is 2.20. The van der Waals surface area contributed by atoms with E-state index in [9.17, 15) is 4.57 Å². The third-order valence-electron chi connectivity index (χ3n) is 1.97. The number of phosphoric acid groups is 1. The van der Waals surface area contributed by atoms with Crippen molar-refractivity contribution in [1.82, 2.24) is 0 Å². The van der Waals surface area contributed by atoms with Crippen molar-refractivity contribution in [3.8, 4) is 0 Å². The molecule has 0 aromatic rings. The molecular weight excluding hydrogens is 247 g/mol. The van der Waals surface area contributed by atoms with Gasteiger partial charge in [-0.15, -0.1) is 0 Å². The number of phosphoric ester groups is 1. The van der Waals surface area contributed by atoms with Gasteiger partial charge in [0.1, 0.15) is 0 Å². The zero-order valence-corrected chi connectivity index (χ0v) is 11.6. The number of unbranched alkanes of at least 4 members (excludes halogenated alkanes) is 1. The Morgan fingerprint density at radius 1 is 1.24 bits per heavy atom. The Bertz CT molecular complexity index is 229. The van der Waals surface area contributed by atoms with Crippen molar-refractivity contribution in [2.45, 2.75) is 52.4 Å². The van der Waals surface area contributed by atoms with E-state index in [2.05, 4.69) is 11.4 Å². The summed E-state index contributed by atoms with van der Waals surface area (Å²) in [4.78, 5) is 17.2. The van der Waals surface area contributed by atoms with Crippen LogP contribution < -0.4 is 0 Å². The number of ether oxygens (including phenoxy) is 2. The van der Waals surface area contributed by atoms with Crippen molar-refractivity contribution in [2.75, 3.05) is 13.2 Å². The van der Waals surface area contributed by atoms with Gasteiger partial charge in [-0.25, -0.2) is 4.57 Å². The molecular formula is C10H23O6P. The predicted octanol–water partition coefficient (Wildman–Crippen LogP) is 2.05. The standard InChI is InChI=1S/C10H23O6P/c1-4-6-7-14-10(5-2)15-8-9(3)16-17(11,12)13/h9-10H,4-8H2,1-3H3,(H2,11,12,13). The molecule has 0 amide bonds. The number of hydrogen-bond donors (Lipinski definition) is 2. The third kappa shape index (κ3) is 10.9. The molecule has 2 atom stereocenters. The highest BCUT2D eigenvalue weighted by atomic mass is 31.2. The average molecular weight is 270 g/mol. The lowest BCUT2D eigenvalue weighted by Crippen LogP contribution is -2.23. The van der Waals surface area contributed by atoms with Crippen molar-refractivity contribution in [3.63, 3.8) is 0 Å². The Balaban J connectivity index is 3.77. The summed E-state index contributed by atoms with van der Waals surface area (Å²) in [5.41, 5.74) is 0. The molecule has 0 spiro atoms. The third-order valence-corrected chi connectivity index (χ3v) is 2.60. The maximum atomic E-state index is 10.6. The Morgan fingerprint density at radius 2 is 1.88 bits per heavy atom. The zero-order valence-electron chi connectivity index (χ0n) is 10.7. The minimum Gasteiger partial charge on any atom is -0.353 e. The molecule has 0 saturated carbocycles. The first-order valence-electron chi connectivity index (χ1n) is 5.86. The van der Waals surface area contributed by atoms with Crippen LogP contribution in [-0.2, 0) is 18.6 Å². The summed E-state index contributed by atoms with van der Waals surface area (Å²) in [7, 11) is -4.44. The first-order valence-corrected chi connectivity index (χ1v) is 7.39. The van der Waals surface area contributed by atoms with Crippen LogP contribution in [0.5, 0.6) is 0 Å². The Morgan fingerprint density at radius 3 is 2.35 bits per heavy atom. The quantitative estimate of drug-likeness (QED) is 0.359. The van der Waals surface area contributed by atoms with Crippen LogP contribution in [0, 0.1) is 0 Å². The van der Waals surface area contributed by atoms with Gasteiger partial charge >= 0.3 is 7.82 Å². The van der Waals surface area contributed by atoms with Gasteiger partial charge < -0.3 is 19.3 Å². The van der Waals surface area contributed by atoms with Gasteiger partial charge in [0.15, 0.2) is 6.29 Å². The molecule has 0 aliphatic carbocycles. The summed E-state index contributed by atoms with van der Waals surface area (Å²) in [5, 5.41) is 0. The van der Waals surface area contributed by atoms with E-state index in [0.29, 0.717) is 13.0 Å². The second-order valence-corrected chi connectivity index (χ2v) is 4.99. The number of hydrogen-bond acceptors (Lipinski definition) is 4. The largest absolute Gasteiger partial charge is 0.469 e. The summed E-state index contributed by atoms with van der Waals surface area (Å²) in [6.45, 7) is 6.25. The van der Waals surface area contributed by atoms with Crippen molar-refractivity contribution in [1.29, 1.82) is 0 Å². The summed E-state index contributed by atoms with van der Waals surface area (Å²) >= 11 is 0. The SMILES string of the molecule is CCCCOC(CC)OCC(C)OP(=O)(O)O. The Labute approximate surface area is 103 Å². The minimum absolute atomic E-state index is 0.0930. The van der Waals surface area contributed by atoms with Gasteiger partial charge in [-0.3, -0.25) is 4.52 Å². The van der Waals surface area contributed by atoms with Crippen LogP contribution in [0.1, 0.15) is 40.0 Å². The molecule has 0 aliphatic heterocycles. The fourth-order valence-electron chi connectivity index (χ4n) is 1.15. The molecule has 0 saturated heterocycles. The lowest BCUT2D eigenvalue weighted by Gasteiger charge is -2.20. The van der Waals surface area contributed by atoms with Crippen LogP contribution in [0.15, 0.2) is 0 Å². The summed E-state index contributed by atoms with van der Waals surface area (Å²) in [6.07, 6.45) is 1.69. The molecule has 0 rings (SSSR count). The van der Waals surface area contributed by atoms with Crippen molar-refractivity contribution < 1.29 is 28.3 Å². The first kappa shape index (κ1) is 17.0. The minimum atomic E-state index is -4.44. The molecule has 2 N–H and O–H groups in total. The maximum Gasteiger partial charge on any atom is 0.469 e. The van der Waals surface area contributed by atoms with Gasteiger partial charge in [0.25, 0.3) is 0 Å². The molecule has 17 heavy (non-hydrogen) atoms. The van der Waals surface area contributed by atoms with Gasteiger partial charge in [-0.2, -0.15) is 0 Å². The van der Waals surface area contributed by atoms with E-state index >= 15 is 0 Å². The van der Waals surface area contributed by atoms with Gasteiger partial charge in [0, 0.05) is 6.61 Å². The van der Waals surface area contributed by atoms with E-state index in [4.69, 9.17) is 19.3 Å². The molecule has 0 aromatic heterocycles. The van der Waals surface area contributed by atoms with E-state index < -0.39 is 13.9 Å². The second kappa shape index (κ2) is 9.03. The van der Waals surface area contributed by atoms with Crippen molar-refractivity contribution >= 4 is 7.82 Å². The zero-order chi connectivity index (χ0) is 13.3. The number of rotatable bonds is 10. The van der Waals surface area contributed by atoms with Crippen LogP contribution in [0.4, 0.5) is 0 Å². The predicted molar refractivity (Wildman–Crippen MR) is 63.5 cm³/mol. The van der Waals surface area contributed by atoms with Gasteiger partial charge in [-0.1, -0.05) is 20.3 Å². The molecule has 6 nitrogen and oxygen atoms in total. The topological polar surface area (TPSA) is 85.2 Å². The maximum absolute atomic E-state index is 10.6. The molecule has 7 heteroatoms. The highest BCUT2D eigenvalue weighted by Crippen LogP contribution is 2.37. The van der Waals surface area contributed by atoms with Gasteiger partial charge in [0.2, 0.25) is 0 Å². The lowest BCUT2D eigenvalue weighted by molar-refractivity contribution is -0.156. The normalized spacial score (nSPS) is 15.8. The lowest BCUT2D eigenvalue weighted by atomic mass is 10.3. The van der Waals surface area contributed by atoms with E-state index in [-0.39, 0.29) is 12.9 Å². The van der Waals surface area contributed by atoms with Crippen LogP contribution in [-0.4, -0.2) is 35.4 Å². The van der Waals surface area contributed by atoms with E-state index in [1.54, 1.807) is 0 Å². The molecule has 0 radical (unpaired) electrons. The molecule has 0 bridgehead atoms. The fraction of sp³-hybridized carbons (Fsp3) is 1.00. The fourth-order valence-corrected chi connectivity index (χ4v) is 1.68. The summed E-state index contributed by atoms with van der Waals surface area (Å²) < 4.78 is 25.8. The highest BCUT2D eigenvalue weighted by molar-refractivity contribution is 7.46. The van der Waals surface area contributed by atoms with Crippen LogP contribution in [0.3, 0.4) is 0 Å². The molecule has 0 aliphatic rings. The molecule has 0 fully saturated rings. The monoisotopic (exact) mass is 270 g/mol. The van der Waals surface area contributed by atoms with Crippen molar-refractivity contribution in [2.24, 2.45) is 0 Å². The smallest absolute Gasteiger partial charge is 0.353 e. The summed E-state index contributed by atoms with van der Waals surface area (Å²) in [5.74, 6) is 0. The molecule has 104 valence electrons. The molecule has 2 unspecified atom stereocenters. The second-order valence-electron chi connectivity index (χ2n) is 3.80. The van der Waals surface area contributed by atoms with Gasteiger partial charge in [0.05, 0.1) is 12.7 Å². The van der Waals surface area contributed by atoms with Crippen LogP contribution >= 0.6 is 7.82 Å². The highest BCUT2D eigenvalue weighted by Gasteiger charge is 2.20. The molecule has 0 aromatic carbocycles. The Kier molecular flexibility index (Phi) is 9.04. The van der Waals surface area contributed by atoms with Crippen molar-refractivity contribution in [3.05, 3.63) is 0 Å². The van der Waals surface area contributed by atoms with E-state index in [0.717, 1.165) is 12.8 Å². The molecule has 0 heterocycles. The van der Waals surface area contributed by atoms with Crippen LogP contribution in [0.2, 0.25) is 0 Å². The first-order chi connectivity index (χ1) is 7.89.